The lowest BCUT2D eigenvalue weighted by Crippen LogP contribution is -2.25. The Morgan fingerprint density at radius 1 is 1.09 bits per heavy atom. The number of hydrogen-bond donors (Lipinski definition) is 1. The number of para-hydroxylation sites is 1. The van der Waals surface area contributed by atoms with Crippen LogP contribution in [0.25, 0.3) is 16.6 Å². The zero-order valence-corrected chi connectivity index (χ0v) is 18.7. The van der Waals surface area contributed by atoms with Gasteiger partial charge in [0.15, 0.2) is 17.5 Å². The van der Waals surface area contributed by atoms with Crippen LogP contribution in [0.3, 0.4) is 0 Å². The zero-order valence-electron chi connectivity index (χ0n) is 17.1. The number of anilines is 1. The predicted octanol–water partition coefficient (Wildman–Crippen LogP) is 4.35. The molecule has 3 aromatic carbocycles. The van der Waals surface area contributed by atoms with E-state index in [9.17, 15) is 14.4 Å². The molecule has 1 amide bonds. The Morgan fingerprint density at radius 3 is 2.70 bits per heavy atom. The predicted molar refractivity (Wildman–Crippen MR) is 128 cm³/mol. The molecule has 1 aliphatic rings. The van der Waals surface area contributed by atoms with Gasteiger partial charge in [-0.3, -0.25) is 19.0 Å². The Labute approximate surface area is 197 Å². The average molecular weight is 478 g/mol. The van der Waals surface area contributed by atoms with Gasteiger partial charge in [0.25, 0.3) is 11.5 Å². The number of aromatic nitrogens is 2. The number of nitrogens with one attached hydrogen (secondary N) is 1. The van der Waals surface area contributed by atoms with Gasteiger partial charge in [-0.1, -0.05) is 35.5 Å². The molecule has 0 radical (unpaired) electrons. The van der Waals surface area contributed by atoms with Crippen LogP contribution < -0.4 is 15.6 Å². The van der Waals surface area contributed by atoms with E-state index < -0.39 is 0 Å². The second-order valence-electron chi connectivity index (χ2n) is 7.29. The molecule has 0 saturated carbocycles. The van der Waals surface area contributed by atoms with Crippen LogP contribution in [0.1, 0.15) is 10.4 Å². The number of Topliss-reactive ketones (excluding diaryl/α,β-unsaturated/α-hetero) is 1. The first-order chi connectivity index (χ1) is 16.0. The zero-order chi connectivity index (χ0) is 22.9. The van der Waals surface area contributed by atoms with Crippen molar-refractivity contribution in [3.05, 3.63) is 87.7 Å². The van der Waals surface area contributed by atoms with Gasteiger partial charge in [-0.15, -0.1) is 0 Å². The van der Waals surface area contributed by atoms with E-state index in [2.05, 4.69) is 10.3 Å². The van der Waals surface area contributed by atoms with Gasteiger partial charge >= 0.3 is 0 Å². The molecule has 2 heterocycles. The number of halogens is 1. The monoisotopic (exact) mass is 477 g/mol. The van der Waals surface area contributed by atoms with Crippen molar-refractivity contribution >= 4 is 51.6 Å². The van der Waals surface area contributed by atoms with Gasteiger partial charge < -0.3 is 10.1 Å². The molecule has 5 rings (SSSR count). The summed E-state index contributed by atoms with van der Waals surface area (Å²) in [5, 5.41) is 4.12. The van der Waals surface area contributed by atoms with Crippen molar-refractivity contribution < 1.29 is 14.3 Å². The highest BCUT2D eigenvalue weighted by molar-refractivity contribution is 7.99. The SMILES string of the molecule is O=C1COc2ccc(C(=O)CSc3nc4ccccc4c(=O)n3-c3ccc(Cl)cc3)cc2N1. The number of ketones is 1. The topological polar surface area (TPSA) is 90.3 Å². The van der Waals surface area contributed by atoms with Crippen LogP contribution >= 0.6 is 23.4 Å². The van der Waals surface area contributed by atoms with Gasteiger partial charge in [0.05, 0.1) is 28.0 Å². The molecule has 4 aromatic rings. The van der Waals surface area contributed by atoms with Crippen molar-refractivity contribution in [3.63, 3.8) is 0 Å². The van der Waals surface area contributed by atoms with Crippen LogP contribution in [0.5, 0.6) is 5.75 Å². The lowest BCUT2D eigenvalue weighted by molar-refractivity contribution is -0.118. The van der Waals surface area contributed by atoms with Crippen LogP contribution in [0.4, 0.5) is 5.69 Å². The molecular formula is C24H16ClN3O4S. The molecule has 0 saturated heterocycles. The van der Waals surface area contributed by atoms with Crippen molar-refractivity contribution in [2.75, 3.05) is 17.7 Å². The van der Waals surface area contributed by atoms with Gasteiger partial charge in [-0.25, -0.2) is 4.98 Å². The molecule has 0 spiro atoms. The molecule has 0 aliphatic carbocycles. The molecule has 1 aliphatic heterocycles. The maximum absolute atomic E-state index is 13.3. The first-order valence-electron chi connectivity index (χ1n) is 10.00. The molecule has 164 valence electrons. The minimum atomic E-state index is -0.270. The number of nitrogens with zero attached hydrogens (tertiary/aromatic N) is 2. The molecule has 1 aromatic heterocycles. The molecule has 1 N–H and O–H groups in total. The number of ether oxygens (including phenoxy) is 1. The summed E-state index contributed by atoms with van der Waals surface area (Å²) in [5.41, 5.74) is 1.81. The van der Waals surface area contributed by atoms with E-state index in [0.29, 0.717) is 43.8 Å². The number of fused-ring (bicyclic) bond motifs is 2. The largest absolute Gasteiger partial charge is 0.482 e. The summed E-state index contributed by atoms with van der Waals surface area (Å²) >= 11 is 7.18. The highest BCUT2D eigenvalue weighted by Crippen LogP contribution is 2.29. The highest BCUT2D eigenvalue weighted by Gasteiger charge is 2.19. The van der Waals surface area contributed by atoms with E-state index in [4.69, 9.17) is 16.3 Å². The molecule has 0 bridgehead atoms. The second-order valence-corrected chi connectivity index (χ2v) is 8.67. The molecule has 33 heavy (non-hydrogen) atoms. The van der Waals surface area contributed by atoms with E-state index in [-0.39, 0.29) is 29.6 Å². The fourth-order valence-corrected chi connectivity index (χ4v) is 4.53. The molecule has 0 atom stereocenters. The number of rotatable bonds is 5. The van der Waals surface area contributed by atoms with Crippen LogP contribution in [0, 0.1) is 0 Å². The first kappa shape index (κ1) is 21.2. The Morgan fingerprint density at radius 2 is 1.88 bits per heavy atom. The van der Waals surface area contributed by atoms with Crippen LogP contribution in [0.2, 0.25) is 5.02 Å². The van der Waals surface area contributed by atoms with Gasteiger partial charge in [0.2, 0.25) is 0 Å². The summed E-state index contributed by atoms with van der Waals surface area (Å²) in [7, 11) is 0. The molecule has 9 heteroatoms. The third-order valence-electron chi connectivity index (χ3n) is 5.10. The van der Waals surface area contributed by atoms with E-state index in [1.54, 1.807) is 60.7 Å². The fraction of sp³-hybridized carbons (Fsp3) is 0.0833. The Kier molecular flexibility index (Phi) is 5.62. The van der Waals surface area contributed by atoms with Crippen LogP contribution in [0.15, 0.2) is 76.7 Å². The van der Waals surface area contributed by atoms with Gasteiger partial charge in [-0.2, -0.15) is 0 Å². The van der Waals surface area contributed by atoms with E-state index in [1.165, 1.54) is 16.3 Å². The Hall–Kier alpha value is -3.62. The normalized spacial score (nSPS) is 12.7. The smallest absolute Gasteiger partial charge is 0.266 e. The number of benzene rings is 3. The maximum atomic E-state index is 13.3. The minimum absolute atomic E-state index is 0.0476. The summed E-state index contributed by atoms with van der Waals surface area (Å²) < 4.78 is 6.82. The minimum Gasteiger partial charge on any atom is -0.482 e. The summed E-state index contributed by atoms with van der Waals surface area (Å²) in [4.78, 5) is 42.4. The number of carbonyl (C=O) groups is 2. The summed E-state index contributed by atoms with van der Waals surface area (Å²) in [6, 6.07) is 18.8. The number of hydrogen-bond acceptors (Lipinski definition) is 6. The Bertz CT molecular complexity index is 1470. The second kappa shape index (κ2) is 8.73. The van der Waals surface area contributed by atoms with Crippen molar-refractivity contribution in [3.8, 4) is 11.4 Å². The average Bonchev–Trinajstić information content (AvgIpc) is 2.83. The standard InChI is InChI=1S/C24H16ClN3O4S/c25-15-6-8-16(9-7-15)28-23(31)17-3-1-2-4-18(17)27-24(28)33-13-20(29)14-5-10-21-19(11-14)26-22(30)12-32-21/h1-11H,12-13H2,(H,26,30). The highest BCUT2D eigenvalue weighted by atomic mass is 35.5. The van der Waals surface area contributed by atoms with Crippen molar-refractivity contribution in [1.29, 1.82) is 0 Å². The molecule has 7 nitrogen and oxygen atoms in total. The van der Waals surface area contributed by atoms with Crippen LogP contribution in [-0.2, 0) is 4.79 Å². The number of thioether (sulfide) groups is 1. The Balaban J connectivity index is 1.48. The third kappa shape index (κ3) is 4.22. The third-order valence-corrected chi connectivity index (χ3v) is 6.29. The number of carbonyl (C=O) groups excluding carboxylic acids is 2. The van der Waals surface area contributed by atoms with E-state index in [0.717, 1.165) is 0 Å². The summed E-state index contributed by atoms with van der Waals surface area (Å²) in [5.74, 6) is 0.125. The van der Waals surface area contributed by atoms with Gasteiger partial charge in [0.1, 0.15) is 5.75 Å². The lowest BCUT2D eigenvalue weighted by Gasteiger charge is -2.18. The quantitative estimate of drug-likeness (QED) is 0.261. The van der Waals surface area contributed by atoms with Crippen molar-refractivity contribution in [2.45, 2.75) is 5.16 Å². The van der Waals surface area contributed by atoms with Gasteiger partial charge in [-0.05, 0) is 54.6 Å². The molecule has 0 fully saturated rings. The lowest BCUT2D eigenvalue weighted by atomic mass is 10.1. The van der Waals surface area contributed by atoms with E-state index in [1.807, 2.05) is 6.07 Å². The number of amides is 1. The van der Waals surface area contributed by atoms with Crippen LogP contribution in [-0.4, -0.2) is 33.6 Å². The van der Waals surface area contributed by atoms with Crippen molar-refractivity contribution in [1.82, 2.24) is 9.55 Å². The fourth-order valence-electron chi connectivity index (χ4n) is 3.50. The molecule has 0 unspecified atom stereocenters. The van der Waals surface area contributed by atoms with E-state index >= 15 is 0 Å². The maximum Gasteiger partial charge on any atom is 0.266 e. The van der Waals surface area contributed by atoms with Crippen molar-refractivity contribution in [2.24, 2.45) is 0 Å². The van der Waals surface area contributed by atoms with Gasteiger partial charge in [0, 0.05) is 10.6 Å². The summed E-state index contributed by atoms with van der Waals surface area (Å²) in [6.07, 6.45) is 0. The summed E-state index contributed by atoms with van der Waals surface area (Å²) in [6.45, 7) is -0.0496. The molecular weight excluding hydrogens is 462 g/mol. The first-order valence-corrected chi connectivity index (χ1v) is 11.4.